The predicted molar refractivity (Wildman–Crippen MR) is 120 cm³/mol. The van der Waals surface area contributed by atoms with Gasteiger partial charge in [-0.15, -0.1) is 0 Å². The topological polar surface area (TPSA) is 144 Å². The molecule has 210 valence electrons. The molecule has 4 aliphatic rings. The highest BCUT2D eigenvalue weighted by Crippen LogP contribution is 2.47. The van der Waals surface area contributed by atoms with Gasteiger partial charge in [-0.1, -0.05) is 0 Å². The van der Waals surface area contributed by atoms with Crippen molar-refractivity contribution in [3.63, 3.8) is 0 Å². The summed E-state index contributed by atoms with van der Waals surface area (Å²) in [6.07, 6.45) is -5.24. The van der Waals surface area contributed by atoms with E-state index in [1.807, 2.05) is 13.8 Å². The van der Waals surface area contributed by atoms with Crippen molar-refractivity contribution in [2.75, 3.05) is 19.8 Å². The lowest BCUT2D eigenvalue weighted by Gasteiger charge is -2.43. The van der Waals surface area contributed by atoms with Gasteiger partial charge in [-0.2, -0.15) is 0 Å². The average Bonchev–Trinajstić information content (AvgIpc) is 3.23. The molecule has 0 saturated carbocycles. The maximum absolute atomic E-state index is 11.8. The van der Waals surface area contributed by atoms with E-state index in [4.69, 9.17) is 47.4 Å². The van der Waals surface area contributed by atoms with E-state index < -0.39 is 72.1 Å². The molecular formula is C24H36O13. The largest absolute Gasteiger partial charge is 0.463 e. The molecule has 0 bridgehead atoms. The van der Waals surface area contributed by atoms with Crippen LogP contribution in [0.5, 0.6) is 0 Å². The van der Waals surface area contributed by atoms with Gasteiger partial charge >= 0.3 is 17.9 Å². The summed E-state index contributed by atoms with van der Waals surface area (Å²) in [4.78, 5) is 35.0. The third-order valence-corrected chi connectivity index (χ3v) is 6.30. The van der Waals surface area contributed by atoms with Crippen molar-refractivity contribution in [2.24, 2.45) is 0 Å². The lowest BCUT2D eigenvalue weighted by molar-refractivity contribution is -0.329. The van der Waals surface area contributed by atoms with Gasteiger partial charge < -0.3 is 47.4 Å². The van der Waals surface area contributed by atoms with Crippen LogP contribution < -0.4 is 0 Å². The summed E-state index contributed by atoms with van der Waals surface area (Å²) >= 11 is 0. The number of fused-ring (bicyclic) bond motifs is 3. The van der Waals surface area contributed by atoms with Crippen LogP contribution in [0.4, 0.5) is 0 Å². The molecule has 4 fully saturated rings. The minimum absolute atomic E-state index is 0.0395. The van der Waals surface area contributed by atoms with Crippen LogP contribution in [0.2, 0.25) is 0 Å². The van der Waals surface area contributed by atoms with Crippen molar-refractivity contribution in [1.29, 1.82) is 0 Å². The highest BCUT2D eigenvalue weighted by atomic mass is 16.9. The van der Waals surface area contributed by atoms with Crippen molar-refractivity contribution >= 4 is 17.9 Å². The second-order valence-electron chi connectivity index (χ2n) is 10.5. The van der Waals surface area contributed by atoms with Crippen LogP contribution in [0.3, 0.4) is 0 Å². The molecule has 0 radical (unpaired) electrons. The fourth-order valence-corrected chi connectivity index (χ4v) is 5.16. The molecule has 13 heteroatoms. The Labute approximate surface area is 215 Å². The number of carbonyl (C=O) groups is 3. The zero-order valence-corrected chi connectivity index (χ0v) is 22.2. The maximum Gasteiger partial charge on any atom is 0.303 e. The van der Waals surface area contributed by atoms with Crippen LogP contribution in [-0.4, -0.2) is 98.0 Å². The molecule has 0 spiro atoms. The molecule has 37 heavy (non-hydrogen) atoms. The molecule has 4 aliphatic heterocycles. The Morgan fingerprint density at radius 2 is 1.59 bits per heavy atom. The van der Waals surface area contributed by atoms with E-state index in [-0.39, 0.29) is 32.3 Å². The van der Waals surface area contributed by atoms with E-state index in [1.54, 1.807) is 13.8 Å². The first kappa shape index (κ1) is 28.1. The van der Waals surface area contributed by atoms with Crippen LogP contribution in [0.25, 0.3) is 0 Å². The first-order valence-electron chi connectivity index (χ1n) is 12.3. The van der Waals surface area contributed by atoms with Gasteiger partial charge in [0.2, 0.25) is 5.79 Å². The second kappa shape index (κ2) is 10.4. The number of ether oxygens (including phenoxy) is 10. The van der Waals surface area contributed by atoms with E-state index in [2.05, 4.69) is 0 Å². The van der Waals surface area contributed by atoms with Gasteiger partial charge in [-0.3, -0.25) is 14.4 Å². The molecule has 0 amide bonds. The first-order chi connectivity index (χ1) is 17.2. The second-order valence-corrected chi connectivity index (χ2v) is 10.5. The van der Waals surface area contributed by atoms with Crippen LogP contribution in [0, 0.1) is 0 Å². The minimum atomic E-state index is -1.33. The van der Waals surface area contributed by atoms with Crippen molar-refractivity contribution in [3.05, 3.63) is 0 Å². The number of hydrogen-bond donors (Lipinski definition) is 0. The summed E-state index contributed by atoms with van der Waals surface area (Å²) in [6.45, 7) is 10.7. The summed E-state index contributed by atoms with van der Waals surface area (Å²) in [7, 11) is 0. The summed E-state index contributed by atoms with van der Waals surface area (Å²) in [5.74, 6) is -4.87. The van der Waals surface area contributed by atoms with Gasteiger partial charge in [0.15, 0.2) is 24.0 Å². The Bertz CT molecular complexity index is 888. The summed E-state index contributed by atoms with van der Waals surface area (Å²) in [5, 5.41) is 0. The Morgan fingerprint density at radius 1 is 0.892 bits per heavy atom. The molecule has 13 nitrogen and oxygen atoms in total. The SMILES string of the molecule is CC(=O)OC[C@H]1O[C@H](OC[C@@]23OC[C@H]4OC(C)(C)O[C@H]4[C@@H]2OC(C)(C)O3)C[C@@H](OC(C)=O)[C@@H]1OC(C)=O. The number of carbonyl (C=O) groups excluding carboxylic acids is 3. The van der Waals surface area contributed by atoms with E-state index >= 15 is 0 Å². The lowest BCUT2D eigenvalue weighted by Crippen LogP contribution is -2.61. The molecule has 0 N–H and O–H groups in total. The molecule has 4 saturated heterocycles. The van der Waals surface area contributed by atoms with Crippen LogP contribution in [-0.2, 0) is 61.8 Å². The molecule has 4 heterocycles. The minimum Gasteiger partial charge on any atom is -0.463 e. The predicted octanol–water partition coefficient (Wildman–Crippen LogP) is 0.943. The molecular weight excluding hydrogens is 496 g/mol. The third kappa shape index (κ3) is 6.41. The molecule has 0 unspecified atom stereocenters. The fourth-order valence-electron chi connectivity index (χ4n) is 5.16. The van der Waals surface area contributed by atoms with Crippen molar-refractivity contribution < 1.29 is 61.8 Å². The van der Waals surface area contributed by atoms with Crippen LogP contribution in [0.15, 0.2) is 0 Å². The number of hydrogen-bond acceptors (Lipinski definition) is 13. The third-order valence-electron chi connectivity index (χ3n) is 6.30. The summed E-state index contributed by atoms with van der Waals surface area (Å²) in [5.41, 5.74) is 0. The smallest absolute Gasteiger partial charge is 0.303 e. The Balaban J connectivity index is 1.51. The average molecular weight is 533 g/mol. The van der Waals surface area contributed by atoms with E-state index in [0.29, 0.717) is 0 Å². The van der Waals surface area contributed by atoms with E-state index in [0.717, 1.165) is 0 Å². The standard InChI is InChI=1S/C24H36O13/c1-12(25)28-9-16-19(32-14(3)27)15(31-13(2)26)8-18(33-16)29-11-24-21(36-23(6,7)37-24)20-17(10-30-24)34-22(4,5)35-20/h15-21H,8-11H2,1-7H3/t15-,16-,17-,18+,19+,20-,21+,24+/m1/s1. The van der Waals surface area contributed by atoms with Crippen molar-refractivity contribution in [1.82, 2.24) is 0 Å². The highest BCUT2D eigenvalue weighted by Gasteiger charge is 2.65. The van der Waals surface area contributed by atoms with Gasteiger partial charge in [0.1, 0.15) is 43.7 Å². The fraction of sp³-hybridized carbons (Fsp3) is 0.875. The normalized spacial score (nSPS) is 39.8. The highest BCUT2D eigenvalue weighted by molar-refractivity contribution is 5.67. The monoisotopic (exact) mass is 532 g/mol. The van der Waals surface area contributed by atoms with Gasteiger partial charge in [-0.25, -0.2) is 0 Å². The Hall–Kier alpha value is -1.87. The van der Waals surface area contributed by atoms with Gasteiger partial charge in [0, 0.05) is 27.2 Å². The van der Waals surface area contributed by atoms with Crippen LogP contribution in [0.1, 0.15) is 54.9 Å². The maximum atomic E-state index is 11.8. The quantitative estimate of drug-likeness (QED) is 0.339. The number of esters is 3. The van der Waals surface area contributed by atoms with E-state index in [1.165, 1.54) is 20.8 Å². The Morgan fingerprint density at radius 3 is 2.24 bits per heavy atom. The molecule has 0 aliphatic carbocycles. The van der Waals surface area contributed by atoms with Gasteiger partial charge in [0.05, 0.1) is 6.61 Å². The zero-order chi connectivity index (χ0) is 27.2. The molecule has 4 rings (SSSR count). The van der Waals surface area contributed by atoms with Crippen molar-refractivity contribution in [2.45, 2.75) is 115 Å². The molecule has 0 aromatic rings. The van der Waals surface area contributed by atoms with Gasteiger partial charge in [0.25, 0.3) is 0 Å². The summed E-state index contributed by atoms with van der Waals surface area (Å²) in [6, 6.07) is 0. The van der Waals surface area contributed by atoms with Gasteiger partial charge in [-0.05, 0) is 27.7 Å². The number of rotatable bonds is 7. The van der Waals surface area contributed by atoms with Crippen molar-refractivity contribution in [3.8, 4) is 0 Å². The van der Waals surface area contributed by atoms with Crippen LogP contribution >= 0.6 is 0 Å². The molecule has 8 atom stereocenters. The first-order valence-corrected chi connectivity index (χ1v) is 12.3. The molecule has 0 aromatic carbocycles. The Kier molecular flexibility index (Phi) is 7.88. The summed E-state index contributed by atoms with van der Waals surface area (Å²) < 4.78 is 58.5. The zero-order valence-electron chi connectivity index (χ0n) is 22.2. The molecule has 0 aromatic heterocycles. The lowest BCUT2D eigenvalue weighted by atomic mass is 9.97. The van der Waals surface area contributed by atoms with E-state index in [9.17, 15) is 14.4 Å².